The summed E-state index contributed by atoms with van der Waals surface area (Å²) >= 11 is 0. The lowest BCUT2D eigenvalue weighted by atomic mass is 10.2. The third-order valence-corrected chi connectivity index (χ3v) is 2.98. The lowest BCUT2D eigenvalue weighted by Crippen LogP contribution is -2.12. The first-order valence-corrected chi connectivity index (χ1v) is 5.48. The third-order valence-electron chi connectivity index (χ3n) is 2.98. The first-order chi connectivity index (χ1) is 8.65. The fraction of sp³-hybridized carbons (Fsp3) is 0.0769. The Morgan fingerprint density at radius 2 is 2.11 bits per heavy atom. The second kappa shape index (κ2) is 3.73. The standard InChI is InChI=1S/C13H10N2O3/c16-12-11-5-9(13(17)18)7-15(11)6-8-3-1-2-4-10(8)14-12/h1-5,7H,6H2,(H,14,16)(H,17,18). The zero-order valence-electron chi connectivity index (χ0n) is 9.38. The molecule has 1 aliphatic rings. The quantitative estimate of drug-likeness (QED) is 0.801. The van der Waals surface area contributed by atoms with Crippen molar-refractivity contribution in [1.82, 2.24) is 4.57 Å². The van der Waals surface area contributed by atoms with Crippen molar-refractivity contribution in [3.8, 4) is 0 Å². The van der Waals surface area contributed by atoms with E-state index in [1.807, 2.05) is 24.3 Å². The van der Waals surface area contributed by atoms with Gasteiger partial charge in [0.05, 0.1) is 5.56 Å². The van der Waals surface area contributed by atoms with Gasteiger partial charge in [-0.25, -0.2) is 4.79 Å². The summed E-state index contributed by atoms with van der Waals surface area (Å²) in [5.74, 6) is -1.32. The van der Waals surface area contributed by atoms with Gasteiger partial charge in [0.25, 0.3) is 5.91 Å². The number of aromatic nitrogens is 1. The average molecular weight is 242 g/mol. The van der Waals surface area contributed by atoms with E-state index in [2.05, 4.69) is 5.32 Å². The van der Waals surface area contributed by atoms with Gasteiger partial charge in [-0.15, -0.1) is 0 Å². The van der Waals surface area contributed by atoms with E-state index in [0.29, 0.717) is 12.2 Å². The molecule has 90 valence electrons. The molecule has 0 fully saturated rings. The van der Waals surface area contributed by atoms with Crippen LogP contribution in [-0.2, 0) is 6.54 Å². The van der Waals surface area contributed by atoms with Crippen molar-refractivity contribution in [2.75, 3.05) is 5.32 Å². The largest absolute Gasteiger partial charge is 0.478 e. The van der Waals surface area contributed by atoms with Gasteiger partial charge in [0, 0.05) is 18.4 Å². The maximum atomic E-state index is 12.0. The highest BCUT2D eigenvalue weighted by Gasteiger charge is 2.21. The minimum atomic E-state index is -1.03. The average Bonchev–Trinajstić information content (AvgIpc) is 2.71. The van der Waals surface area contributed by atoms with Crippen molar-refractivity contribution >= 4 is 17.6 Å². The number of benzene rings is 1. The van der Waals surface area contributed by atoms with E-state index in [9.17, 15) is 9.59 Å². The number of nitrogens with zero attached hydrogens (tertiary/aromatic N) is 1. The Labute approximate surface area is 103 Å². The molecule has 5 nitrogen and oxygen atoms in total. The van der Waals surface area contributed by atoms with Crippen molar-refractivity contribution < 1.29 is 14.7 Å². The van der Waals surface area contributed by atoms with Gasteiger partial charge in [-0.05, 0) is 17.7 Å². The predicted molar refractivity (Wildman–Crippen MR) is 64.9 cm³/mol. The summed E-state index contributed by atoms with van der Waals surface area (Å²) in [6, 6.07) is 8.87. The molecule has 0 spiro atoms. The van der Waals surface area contributed by atoms with Crippen LogP contribution in [0.3, 0.4) is 0 Å². The molecule has 18 heavy (non-hydrogen) atoms. The van der Waals surface area contributed by atoms with E-state index >= 15 is 0 Å². The second-order valence-corrected chi connectivity index (χ2v) is 4.16. The topological polar surface area (TPSA) is 71.3 Å². The lowest BCUT2D eigenvalue weighted by Gasteiger charge is -2.05. The molecule has 1 amide bonds. The normalized spacial score (nSPS) is 13.2. The fourth-order valence-electron chi connectivity index (χ4n) is 2.10. The maximum absolute atomic E-state index is 12.0. The highest BCUT2D eigenvalue weighted by atomic mass is 16.4. The monoisotopic (exact) mass is 242 g/mol. The Morgan fingerprint density at radius 3 is 2.89 bits per heavy atom. The number of carbonyl (C=O) groups excluding carboxylic acids is 1. The van der Waals surface area contributed by atoms with Crippen LogP contribution < -0.4 is 5.32 Å². The van der Waals surface area contributed by atoms with E-state index < -0.39 is 5.97 Å². The van der Waals surface area contributed by atoms with Crippen molar-refractivity contribution in [2.24, 2.45) is 0 Å². The summed E-state index contributed by atoms with van der Waals surface area (Å²) in [6.45, 7) is 0.484. The number of fused-ring (bicyclic) bond motifs is 2. The van der Waals surface area contributed by atoms with Crippen LogP contribution in [0.2, 0.25) is 0 Å². The second-order valence-electron chi connectivity index (χ2n) is 4.16. The highest BCUT2D eigenvalue weighted by Crippen LogP contribution is 2.23. The summed E-state index contributed by atoms with van der Waals surface area (Å²) in [4.78, 5) is 22.9. The van der Waals surface area contributed by atoms with Crippen LogP contribution in [0.25, 0.3) is 0 Å². The number of aromatic carboxylic acids is 1. The van der Waals surface area contributed by atoms with Gasteiger partial charge in [-0.2, -0.15) is 0 Å². The van der Waals surface area contributed by atoms with E-state index in [1.165, 1.54) is 12.3 Å². The summed E-state index contributed by atoms with van der Waals surface area (Å²) < 4.78 is 1.66. The predicted octanol–water partition coefficient (Wildman–Crippen LogP) is 1.80. The summed E-state index contributed by atoms with van der Waals surface area (Å²) in [5.41, 5.74) is 2.21. The van der Waals surface area contributed by atoms with Gasteiger partial charge in [0.2, 0.25) is 0 Å². The summed E-state index contributed by atoms with van der Waals surface area (Å²) in [5, 5.41) is 11.7. The number of anilines is 1. The maximum Gasteiger partial charge on any atom is 0.337 e. The Hall–Kier alpha value is -2.56. The summed E-state index contributed by atoms with van der Waals surface area (Å²) in [6.07, 6.45) is 1.49. The molecular formula is C13H10N2O3. The molecule has 0 atom stereocenters. The number of hydrogen-bond donors (Lipinski definition) is 2. The van der Waals surface area contributed by atoms with Gasteiger partial charge < -0.3 is 15.0 Å². The van der Waals surface area contributed by atoms with Crippen LogP contribution in [0.4, 0.5) is 5.69 Å². The van der Waals surface area contributed by atoms with Gasteiger partial charge in [0.1, 0.15) is 5.69 Å². The van der Waals surface area contributed by atoms with Gasteiger partial charge in [-0.1, -0.05) is 18.2 Å². The molecule has 3 rings (SSSR count). The van der Waals surface area contributed by atoms with Gasteiger partial charge >= 0.3 is 5.97 Å². The number of hydrogen-bond acceptors (Lipinski definition) is 2. The third kappa shape index (κ3) is 1.57. The zero-order chi connectivity index (χ0) is 12.7. The molecule has 0 unspecified atom stereocenters. The lowest BCUT2D eigenvalue weighted by molar-refractivity contribution is 0.0697. The van der Waals surface area contributed by atoms with Crippen LogP contribution in [0.1, 0.15) is 26.4 Å². The highest BCUT2D eigenvalue weighted by molar-refractivity contribution is 6.05. The molecular weight excluding hydrogens is 232 g/mol. The van der Waals surface area contributed by atoms with E-state index in [-0.39, 0.29) is 11.5 Å². The van der Waals surface area contributed by atoms with Crippen LogP contribution in [0.15, 0.2) is 36.5 Å². The van der Waals surface area contributed by atoms with Crippen molar-refractivity contribution in [3.63, 3.8) is 0 Å². The summed E-state index contributed by atoms with van der Waals surface area (Å²) in [7, 11) is 0. The first-order valence-electron chi connectivity index (χ1n) is 5.48. The van der Waals surface area contributed by atoms with Crippen LogP contribution >= 0.6 is 0 Å². The molecule has 1 aromatic carbocycles. The number of carbonyl (C=O) groups is 2. The van der Waals surface area contributed by atoms with E-state index in [1.54, 1.807) is 4.57 Å². The molecule has 0 radical (unpaired) electrons. The molecule has 5 heteroatoms. The molecule has 0 saturated carbocycles. The minimum absolute atomic E-state index is 0.125. The Bertz CT molecular complexity index is 658. The zero-order valence-corrected chi connectivity index (χ0v) is 9.38. The van der Waals surface area contributed by atoms with Gasteiger partial charge in [0.15, 0.2) is 0 Å². The molecule has 0 saturated heterocycles. The molecule has 0 aliphatic carbocycles. The fourth-order valence-corrected chi connectivity index (χ4v) is 2.10. The molecule has 2 N–H and O–H groups in total. The van der Waals surface area contributed by atoms with Crippen LogP contribution in [0.5, 0.6) is 0 Å². The van der Waals surface area contributed by atoms with Crippen LogP contribution in [0, 0.1) is 0 Å². The molecule has 2 heterocycles. The first kappa shape index (κ1) is 10.6. The molecule has 0 bridgehead atoms. The number of nitrogens with one attached hydrogen (secondary N) is 1. The number of para-hydroxylation sites is 1. The Morgan fingerprint density at radius 1 is 1.33 bits per heavy atom. The SMILES string of the molecule is O=C(O)c1cc2n(c1)Cc1ccccc1NC2=O. The van der Waals surface area contributed by atoms with Gasteiger partial charge in [-0.3, -0.25) is 4.79 Å². The Balaban J connectivity index is 2.13. The molecule has 2 aromatic rings. The van der Waals surface area contributed by atoms with Crippen molar-refractivity contribution in [1.29, 1.82) is 0 Å². The Kier molecular flexibility index (Phi) is 2.19. The van der Waals surface area contributed by atoms with E-state index in [4.69, 9.17) is 5.11 Å². The molecule has 1 aromatic heterocycles. The smallest absolute Gasteiger partial charge is 0.337 e. The van der Waals surface area contributed by atoms with Crippen molar-refractivity contribution in [3.05, 3.63) is 53.3 Å². The molecule has 1 aliphatic heterocycles. The van der Waals surface area contributed by atoms with Crippen molar-refractivity contribution in [2.45, 2.75) is 6.54 Å². The number of rotatable bonds is 1. The van der Waals surface area contributed by atoms with E-state index in [0.717, 1.165) is 11.3 Å². The van der Waals surface area contributed by atoms with Crippen LogP contribution in [-0.4, -0.2) is 21.6 Å². The number of carboxylic acids is 1. The number of carboxylic acid groups (broad SMARTS) is 1. The minimum Gasteiger partial charge on any atom is -0.478 e. The number of amides is 1.